The molecule has 2 aromatic carbocycles. The van der Waals surface area contributed by atoms with Crippen LogP contribution >= 0.6 is 22.6 Å². The molecule has 0 aliphatic rings. The van der Waals surface area contributed by atoms with Crippen molar-refractivity contribution in [1.82, 2.24) is 4.98 Å². The van der Waals surface area contributed by atoms with Crippen molar-refractivity contribution in [2.45, 2.75) is 6.92 Å². The molecule has 0 saturated heterocycles. The van der Waals surface area contributed by atoms with E-state index in [1.54, 1.807) is 13.0 Å². The first-order valence-electron chi connectivity index (χ1n) is 7.89. The number of hydrogen-bond donors (Lipinski definition) is 0. The van der Waals surface area contributed by atoms with Gasteiger partial charge in [0.15, 0.2) is 0 Å². The molecule has 0 aliphatic carbocycles. The Labute approximate surface area is 168 Å². The Kier molecular flexibility index (Phi) is 5.59. The monoisotopic (exact) mass is 478 g/mol. The molecule has 2 amide bonds. The molecule has 0 aliphatic heterocycles. The van der Waals surface area contributed by atoms with Crippen LogP contribution in [0, 0.1) is 22.1 Å². The van der Waals surface area contributed by atoms with Crippen molar-refractivity contribution in [2.24, 2.45) is 0 Å². The zero-order chi connectivity index (χ0) is 19.6. The summed E-state index contributed by atoms with van der Waals surface area (Å²) in [7, 11) is 0. The van der Waals surface area contributed by atoms with Gasteiger partial charge in [0.2, 0.25) is 0 Å². The van der Waals surface area contributed by atoms with E-state index < -0.39 is 23.4 Å². The summed E-state index contributed by atoms with van der Waals surface area (Å²) in [6, 6.07) is 11.5. The number of benzene rings is 2. The molecule has 0 atom stereocenters. The highest BCUT2D eigenvalue weighted by atomic mass is 127. The van der Waals surface area contributed by atoms with Crippen LogP contribution in [-0.2, 0) is 0 Å². The third-order valence-electron chi connectivity index (χ3n) is 3.82. The minimum atomic E-state index is -0.652. The second-order valence-electron chi connectivity index (χ2n) is 5.75. The Morgan fingerprint density at radius 2 is 1.33 bits per heavy atom. The minimum Gasteiger partial charge on any atom is -0.268 e. The zero-order valence-corrected chi connectivity index (χ0v) is 16.3. The van der Waals surface area contributed by atoms with Gasteiger partial charge in [-0.05, 0) is 89.7 Å². The summed E-state index contributed by atoms with van der Waals surface area (Å²) < 4.78 is 27.3. The fraction of sp³-hybridized carbons (Fsp3) is 0.0500. The van der Waals surface area contributed by atoms with Gasteiger partial charge >= 0.3 is 0 Å². The maximum atomic E-state index is 13.2. The highest BCUT2D eigenvalue weighted by Gasteiger charge is 2.28. The van der Waals surface area contributed by atoms with Crippen LogP contribution in [0.1, 0.15) is 26.3 Å². The van der Waals surface area contributed by atoms with Crippen LogP contribution in [0.5, 0.6) is 0 Å². The van der Waals surface area contributed by atoms with Crippen LogP contribution in [0.25, 0.3) is 0 Å². The van der Waals surface area contributed by atoms with Gasteiger partial charge in [0, 0.05) is 20.9 Å². The summed E-state index contributed by atoms with van der Waals surface area (Å²) in [5, 5.41) is 0. The van der Waals surface area contributed by atoms with E-state index in [9.17, 15) is 18.4 Å². The Balaban J connectivity index is 2.10. The van der Waals surface area contributed by atoms with E-state index in [1.165, 1.54) is 30.5 Å². The number of aromatic nitrogens is 1. The van der Waals surface area contributed by atoms with E-state index in [-0.39, 0.29) is 16.9 Å². The molecule has 0 fully saturated rings. The normalized spacial score (nSPS) is 10.5. The topological polar surface area (TPSA) is 50.3 Å². The van der Waals surface area contributed by atoms with Gasteiger partial charge in [-0.2, -0.15) is 0 Å². The number of nitrogens with zero attached hydrogens (tertiary/aromatic N) is 2. The number of halogens is 3. The molecule has 136 valence electrons. The summed E-state index contributed by atoms with van der Waals surface area (Å²) in [6.45, 7) is 1.73. The Morgan fingerprint density at radius 1 is 0.889 bits per heavy atom. The molecule has 0 radical (unpaired) electrons. The maximum Gasteiger partial charge on any atom is 0.266 e. The number of carbonyl (C=O) groups excluding carboxylic acids is 2. The number of imide groups is 1. The number of aryl methyl sites for hydroxylation is 1. The molecule has 1 heterocycles. The van der Waals surface area contributed by atoms with E-state index >= 15 is 0 Å². The van der Waals surface area contributed by atoms with Crippen molar-refractivity contribution >= 4 is 40.2 Å². The molecule has 7 heteroatoms. The van der Waals surface area contributed by atoms with Crippen molar-refractivity contribution in [3.63, 3.8) is 0 Å². The Morgan fingerprint density at radius 3 is 1.74 bits per heavy atom. The first-order chi connectivity index (χ1) is 12.9. The number of pyridine rings is 1. The molecule has 3 aromatic rings. The highest BCUT2D eigenvalue weighted by Crippen LogP contribution is 2.23. The molecule has 0 spiro atoms. The van der Waals surface area contributed by atoms with Gasteiger partial charge in [0.25, 0.3) is 11.8 Å². The molecule has 3 rings (SSSR count). The molecule has 0 unspecified atom stereocenters. The van der Waals surface area contributed by atoms with Gasteiger partial charge in [-0.25, -0.2) is 18.7 Å². The summed E-state index contributed by atoms with van der Waals surface area (Å²) >= 11 is 2.08. The van der Waals surface area contributed by atoms with Gasteiger partial charge in [-0.1, -0.05) is 0 Å². The second-order valence-corrected chi connectivity index (χ2v) is 7.00. The molecular weight excluding hydrogens is 465 g/mol. The average Bonchev–Trinajstić information content (AvgIpc) is 2.64. The largest absolute Gasteiger partial charge is 0.268 e. The van der Waals surface area contributed by atoms with E-state index in [2.05, 4.69) is 27.6 Å². The molecule has 0 N–H and O–H groups in total. The Hall–Kier alpha value is -2.68. The van der Waals surface area contributed by atoms with Crippen molar-refractivity contribution < 1.29 is 18.4 Å². The lowest BCUT2D eigenvalue weighted by Gasteiger charge is -2.22. The number of rotatable bonds is 3. The predicted molar refractivity (Wildman–Crippen MR) is 106 cm³/mol. The maximum absolute atomic E-state index is 13.2. The van der Waals surface area contributed by atoms with Gasteiger partial charge in [0.05, 0.1) is 0 Å². The first-order valence-corrected chi connectivity index (χ1v) is 8.97. The van der Waals surface area contributed by atoms with Gasteiger partial charge in [-0.3, -0.25) is 9.59 Å². The summed E-state index contributed by atoms with van der Waals surface area (Å²) in [6.07, 6.45) is 1.53. The standard InChI is InChI=1S/C20H13F2IN2O2/c1-12-10-17(23)11-24-18(12)25(19(26)13-2-6-15(21)7-3-13)20(27)14-4-8-16(22)9-5-14/h2-11H,1H3. The SMILES string of the molecule is Cc1cc(I)cnc1N(C(=O)c1ccc(F)cc1)C(=O)c1ccc(F)cc1. The lowest BCUT2D eigenvalue weighted by atomic mass is 10.1. The van der Waals surface area contributed by atoms with Crippen LogP contribution in [0.4, 0.5) is 14.6 Å². The molecule has 0 saturated carbocycles. The minimum absolute atomic E-state index is 0.131. The van der Waals surface area contributed by atoms with Gasteiger partial charge < -0.3 is 0 Å². The lowest BCUT2D eigenvalue weighted by molar-refractivity contribution is 0.0896. The fourth-order valence-electron chi connectivity index (χ4n) is 2.50. The van der Waals surface area contributed by atoms with Crippen molar-refractivity contribution in [3.05, 3.63) is 92.7 Å². The van der Waals surface area contributed by atoms with E-state index in [0.29, 0.717) is 5.56 Å². The highest BCUT2D eigenvalue weighted by molar-refractivity contribution is 14.1. The van der Waals surface area contributed by atoms with Crippen molar-refractivity contribution in [2.75, 3.05) is 4.90 Å². The van der Waals surface area contributed by atoms with Gasteiger partial charge in [-0.15, -0.1) is 0 Å². The zero-order valence-electron chi connectivity index (χ0n) is 14.1. The second kappa shape index (κ2) is 7.91. The lowest BCUT2D eigenvalue weighted by Crippen LogP contribution is -2.38. The van der Waals surface area contributed by atoms with Crippen molar-refractivity contribution in [1.29, 1.82) is 0 Å². The van der Waals surface area contributed by atoms with Crippen LogP contribution in [0.15, 0.2) is 60.8 Å². The fourth-order valence-corrected chi connectivity index (χ4v) is 3.10. The molecule has 0 bridgehead atoms. The van der Waals surface area contributed by atoms with Gasteiger partial charge in [0.1, 0.15) is 17.5 Å². The number of hydrogen-bond acceptors (Lipinski definition) is 3. The van der Waals surface area contributed by atoms with E-state index in [4.69, 9.17) is 0 Å². The van der Waals surface area contributed by atoms with Crippen LogP contribution in [0.3, 0.4) is 0 Å². The number of amides is 2. The van der Waals surface area contributed by atoms with E-state index in [1.807, 2.05) is 0 Å². The van der Waals surface area contributed by atoms with Crippen LogP contribution in [-0.4, -0.2) is 16.8 Å². The molecule has 1 aromatic heterocycles. The summed E-state index contributed by atoms with van der Waals surface area (Å²) in [5.74, 6) is -2.13. The van der Waals surface area contributed by atoms with Crippen LogP contribution < -0.4 is 4.90 Å². The first kappa shape index (κ1) is 19.1. The van der Waals surface area contributed by atoms with Crippen LogP contribution in [0.2, 0.25) is 0 Å². The van der Waals surface area contributed by atoms with Crippen molar-refractivity contribution in [3.8, 4) is 0 Å². The van der Waals surface area contributed by atoms with E-state index in [0.717, 1.165) is 32.7 Å². The smallest absolute Gasteiger partial charge is 0.266 e. The average molecular weight is 478 g/mol. The number of anilines is 1. The molecular formula is C20H13F2IN2O2. The summed E-state index contributed by atoms with van der Waals surface area (Å²) in [4.78, 5) is 31.2. The third-order valence-corrected chi connectivity index (χ3v) is 4.41. The molecule has 27 heavy (non-hydrogen) atoms. The molecule has 4 nitrogen and oxygen atoms in total. The number of carbonyl (C=O) groups is 2. The third kappa shape index (κ3) is 4.19. The Bertz CT molecular complexity index is 948. The summed E-state index contributed by atoms with van der Waals surface area (Å²) in [5.41, 5.74) is 0.881. The predicted octanol–water partition coefficient (Wildman–Crippen LogP) is 4.76. The quantitative estimate of drug-likeness (QED) is 0.403.